The molecule has 0 spiro atoms. The molecule has 2 unspecified atom stereocenters. The van der Waals surface area contributed by atoms with Crippen molar-refractivity contribution < 1.29 is 24.2 Å². The lowest BCUT2D eigenvalue weighted by molar-refractivity contribution is -0.148. The molecule has 0 aromatic heterocycles. The monoisotopic (exact) mass is 391 g/mol. The van der Waals surface area contributed by atoms with E-state index in [9.17, 15) is 14.7 Å². The first kappa shape index (κ1) is 22.1. The van der Waals surface area contributed by atoms with E-state index in [4.69, 9.17) is 9.47 Å². The number of unbranched alkanes of at least 4 members (excludes halogenated alkanes) is 3. The van der Waals surface area contributed by atoms with Crippen LogP contribution in [0.3, 0.4) is 0 Å². The Hall–Kier alpha value is -2.24. The van der Waals surface area contributed by atoms with E-state index in [2.05, 4.69) is 12.2 Å². The Balaban J connectivity index is 2.00. The molecule has 0 bridgehead atoms. The lowest BCUT2D eigenvalue weighted by atomic mass is 9.78. The molecule has 6 nitrogen and oxygen atoms in total. The Morgan fingerprint density at radius 2 is 1.89 bits per heavy atom. The van der Waals surface area contributed by atoms with E-state index in [0.717, 1.165) is 31.2 Å². The van der Waals surface area contributed by atoms with E-state index in [1.54, 1.807) is 7.11 Å². The van der Waals surface area contributed by atoms with E-state index in [0.29, 0.717) is 37.5 Å². The summed E-state index contributed by atoms with van der Waals surface area (Å²) in [4.78, 5) is 24.1. The number of nitrogens with one attached hydrogen (secondary N) is 1. The van der Waals surface area contributed by atoms with Gasteiger partial charge in [-0.3, -0.25) is 9.59 Å². The maximum atomic E-state index is 12.6. The summed E-state index contributed by atoms with van der Waals surface area (Å²) in [5.74, 6) is -0.826. The first-order valence-electron chi connectivity index (χ1n) is 10.4. The Labute approximate surface area is 167 Å². The van der Waals surface area contributed by atoms with Gasteiger partial charge >= 0.3 is 5.97 Å². The maximum Gasteiger partial charge on any atom is 0.307 e. The first-order chi connectivity index (χ1) is 13.6. The highest BCUT2D eigenvalue weighted by molar-refractivity contribution is 5.84. The summed E-state index contributed by atoms with van der Waals surface area (Å²) in [6.45, 7) is 3.07. The smallest absolute Gasteiger partial charge is 0.307 e. The number of ether oxygens (including phenoxy) is 2. The highest BCUT2D eigenvalue weighted by atomic mass is 16.5. The van der Waals surface area contributed by atoms with Crippen molar-refractivity contribution in [1.29, 1.82) is 0 Å². The molecule has 1 aromatic carbocycles. The van der Waals surface area contributed by atoms with Crippen LogP contribution >= 0.6 is 0 Å². The van der Waals surface area contributed by atoms with Gasteiger partial charge in [0.25, 0.3) is 0 Å². The van der Waals surface area contributed by atoms with Crippen molar-refractivity contribution in [1.82, 2.24) is 5.32 Å². The van der Waals surface area contributed by atoms with Crippen LogP contribution in [0.2, 0.25) is 0 Å². The number of carboxylic acids is 1. The maximum absolute atomic E-state index is 12.6. The van der Waals surface area contributed by atoms with Crippen molar-refractivity contribution in [3.05, 3.63) is 23.8 Å². The van der Waals surface area contributed by atoms with Gasteiger partial charge in [0, 0.05) is 12.1 Å². The molecule has 2 atom stereocenters. The van der Waals surface area contributed by atoms with Crippen LogP contribution in [0, 0.1) is 11.8 Å². The van der Waals surface area contributed by atoms with Crippen molar-refractivity contribution in [2.75, 3.05) is 13.7 Å². The molecule has 1 aliphatic carbocycles. The fraction of sp³-hybridized carbons (Fsp3) is 0.636. The summed E-state index contributed by atoms with van der Waals surface area (Å²) in [6, 6.07) is 5.61. The lowest BCUT2D eigenvalue weighted by Crippen LogP contribution is -2.39. The Morgan fingerprint density at radius 1 is 1.14 bits per heavy atom. The molecule has 1 amide bonds. The van der Waals surface area contributed by atoms with Crippen molar-refractivity contribution >= 4 is 11.9 Å². The number of carbonyl (C=O) groups is 2. The minimum Gasteiger partial charge on any atom is -0.493 e. The summed E-state index contributed by atoms with van der Waals surface area (Å²) >= 11 is 0. The Bertz CT molecular complexity index is 646. The number of carbonyl (C=O) groups excluding carboxylic acids is 1. The molecular weight excluding hydrogens is 358 g/mol. The SMILES string of the molecule is CCCCCCOc1c(CNC(=O)C2CCCCC2C(=O)O)cccc1OC. The molecule has 2 N–H and O–H groups in total. The van der Waals surface area contributed by atoms with Gasteiger partial charge in [-0.25, -0.2) is 0 Å². The van der Waals surface area contributed by atoms with Crippen molar-refractivity contribution in [3.63, 3.8) is 0 Å². The second-order valence-corrected chi connectivity index (χ2v) is 7.41. The van der Waals surface area contributed by atoms with Gasteiger partial charge in [-0.15, -0.1) is 0 Å². The predicted octanol–water partition coefficient (Wildman–Crippen LogP) is 4.16. The molecule has 0 saturated heterocycles. The first-order valence-corrected chi connectivity index (χ1v) is 10.4. The van der Waals surface area contributed by atoms with E-state index in [1.807, 2.05) is 18.2 Å². The van der Waals surface area contributed by atoms with Crippen LogP contribution in [-0.2, 0) is 16.1 Å². The summed E-state index contributed by atoms with van der Waals surface area (Å²) in [6.07, 6.45) is 7.41. The highest BCUT2D eigenvalue weighted by Gasteiger charge is 2.35. The third-order valence-electron chi connectivity index (χ3n) is 5.40. The van der Waals surface area contributed by atoms with E-state index in [1.165, 1.54) is 12.8 Å². The summed E-state index contributed by atoms with van der Waals surface area (Å²) in [5, 5.41) is 12.3. The lowest BCUT2D eigenvalue weighted by Gasteiger charge is -2.27. The molecule has 2 rings (SSSR count). The minimum atomic E-state index is -0.877. The predicted molar refractivity (Wildman–Crippen MR) is 108 cm³/mol. The van der Waals surface area contributed by atoms with Crippen LogP contribution in [0.4, 0.5) is 0 Å². The molecule has 1 fully saturated rings. The van der Waals surface area contributed by atoms with Gasteiger partial charge in [0.05, 0.1) is 25.6 Å². The topological polar surface area (TPSA) is 84.9 Å². The van der Waals surface area contributed by atoms with E-state index >= 15 is 0 Å². The molecule has 0 radical (unpaired) electrons. The summed E-state index contributed by atoms with van der Waals surface area (Å²) in [7, 11) is 1.60. The summed E-state index contributed by atoms with van der Waals surface area (Å²) in [5.41, 5.74) is 0.839. The van der Waals surface area contributed by atoms with E-state index < -0.39 is 17.8 Å². The van der Waals surface area contributed by atoms with Crippen molar-refractivity contribution in [3.8, 4) is 11.5 Å². The number of aliphatic carboxylic acids is 1. The number of hydrogen-bond donors (Lipinski definition) is 2. The zero-order valence-electron chi connectivity index (χ0n) is 17.0. The average Bonchev–Trinajstić information content (AvgIpc) is 2.72. The number of amides is 1. The molecule has 0 heterocycles. The van der Waals surface area contributed by atoms with Gasteiger partial charge in [-0.1, -0.05) is 51.2 Å². The number of rotatable bonds is 11. The number of hydrogen-bond acceptors (Lipinski definition) is 4. The van der Waals surface area contributed by atoms with E-state index in [-0.39, 0.29) is 5.91 Å². The van der Waals surface area contributed by atoms with Gasteiger partial charge in [0.1, 0.15) is 0 Å². The molecule has 156 valence electrons. The largest absolute Gasteiger partial charge is 0.493 e. The molecule has 0 aliphatic heterocycles. The van der Waals surface area contributed by atoms with Crippen LogP contribution in [0.25, 0.3) is 0 Å². The Kier molecular flexibility index (Phi) is 9.11. The average molecular weight is 392 g/mol. The normalized spacial score (nSPS) is 19.1. The minimum absolute atomic E-state index is 0.191. The number of carboxylic acid groups (broad SMARTS) is 1. The molecule has 6 heteroatoms. The van der Waals surface area contributed by atoms with Crippen molar-refractivity contribution in [2.45, 2.75) is 64.8 Å². The molecule has 28 heavy (non-hydrogen) atoms. The number of benzene rings is 1. The second-order valence-electron chi connectivity index (χ2n) is 7.41. The van der Waals surface area contributed by atoms with Gasteiger partial charge in [0.15, 0.2) is 11.5 Å². The second kappa shape index (κ2) is 11.6. The van der Waals surface area contributed by atoms with Gasteiger partial charge in [0.2, 0.25) is 5.91 Å². The van der Waals surface area contributed by atoms with Gasteiger partial charge in [-0.05, 0) is 25.3 Å². The molecular formula is C22H33NO5. The number of para-hydroxylation sites is 1. The molecule has 1 saturated carbocycles. The highest BCUT2D eigenvalue weighted by Crippen LogP contribution is 2.33. The zero-order valence-corrected chi connectivity index (χ0v) is 17.0. The van der Waals surface area contributed by atoms with Crippen LogP contribution in [0.5, 0.6) is 11.5 Å². The fourth-order valence-corrected chi connectivity index (χ4v) is 3.78. The van der Waals surface area contributed by atoms with Crippen molar-refractivity contribution in [2.24, 2.45) is 11.8 Å². The van der Waals surface area contributed by atoms with Crippen LogP contribution in [0.15, 0.2) is 18.2 Å². The quantitative estimate of drug-likeness (QED) is 0.553. The van der Waals surface area contributed by atoms with Gasteiger partial charge in [-0.2, -0.15) is 0 Å². The standard InChI is InChI=1S/C22H33NO5/c1-3-4-5-8-14-28-20-16(10-9-13-19(20)27-2)15-23-21(24)17-11-6-7-12-18(17)22(25)26/h9-10,13,17-18H,3-8,11-12,14-15H2,1-2H3,(H,23,24)(H,25,26). The Morgan fingerprint density at radius 3 is 2.57 bits per heavy atom. The van der Waals surface area contributed by atoms with Crippen LogP contribution < -0.4 is 14.8 Å². The third kappa shape index (κ3) is 6.14. The van der Waals surface area contributed by atoms with Gasteiger partial charge < -0.3 is 19.9 Å². The summed E-state index contributed by atoms with van der Waals surface area (Å²) < 4.78 is 11.4. The fourth-order valence-electron chi connectivity index (χ4n) is 3.78. The van der Waals surface area contributed by atoms with Crippen LogP contribution in [-0.4, -0.2) is 30.7 Å². The molecule has 1 aliphatic rings. The third-order valence-corrected chi connectivity index (χ3v) is 5.40. The molecule has 1 aromatic rings. The van der Waals surface area contributed by atoms with Crippen LogP contribution in [0.1, 0.15) is 63.9 Å². The number of methoxy groups -OCH3 is 1. The zero-order chi connectivity index (χ0) is 20.4.